The monoisotopic (exact) mass is 341 g/mol. The molecule has 0 amide bonds. The Morgan fingerprint density at radius 3 is 2.72 bits per heavy atom. The number of esters is 1. The first kappa shape index (κ1) is 16.8. The van der Waals surface area contributed by atoms with Crippen LogP contribution in [0.3, 0.4) is 0 Å². The van der Waals surface area contributed by atoms with E-state index >= 15 is 0 Å². The lowest BCUT2D eigenvalue weighted by molar-refractivity contribution is 0.0563. The summed E-state index contributed by atoms with van der Waals surface area (Å²) < 4.78 is 17.2. The van der Waals surface area contributed by atoms with Crippen molar-refractivity contribution in [3.63, 3.8) is 0 Å². The van der Waals surface area contributed by atoms with Gasteiger partial charge in [-0.05, 0) is 55.6 Å². The quantitative estimate of drug-likeness (QED) is 0.667. The summed E-state index contributed by atoms with van der Waals surface area (Å²) in [5.41, 5.74) is -0.135. The Labute approximate surface area is 144 Å². The number of methoxy groups -OCH3 is 1. The minimum absolute atomic E-state index is 0.0702. The van der Waals surface area contributed by atoms with Crippen molar-refractivity contribution in [2.45, 2.75) is 26.5 Å². The Morgan fingerprint density at radius 2 is 2.00 bits per heavy atom. The fourth-order valence-electron chi connectivity index (χ4n) is 2.58. The van der Waals surface area contributed by atoms with Crippen LogP contribution >= 0.6 is 0 Å². The van der Waals surface area contributed by atoms with Crippen LogP contribution in [-0.4, -0.2) is 23.8 Å². The van der Waals surface area contributed by atoms with Crippen molar-refractivity contribution in [1.82, 2.24) is 4.57 Å². The van der Waals surface area contributed by atoms with Crippen molar-refractivity contribution in [3.05, 3.63) is 64.5 Å². The van der Waals surface area contributed by atoms with Crippen LogP contribution in [0.15, 0.2) is 51.8 Å². The molecule has 0 fully saturated rings. The average Bonchev–Trinajstić information content (AvgIpc) is 3.05. The fourth-order valence-corrected chi connectivity index (χ4v) is 2.58. The second kappa shape index (κ2) is 6.84. The molecule has 0 radical (unpaired) electrons. The van der Waals surface area contributed by atoms with E-state index in [1.54, 1.807) is 24.4 Å². The van der Waals surface area contributed by atoms with Gasteiger partial charge in [-0.2, -0.15) is 0 Å². The number of fused-ring (bicyclic) bond motifs is 1. The van der Waals surface area contributed by atoms with Gasteiger partial charge in [0.1, 0.15) is 11.5 Å². The van der Waals surface area contributed by atoms with Gasteiger partial charge in [0.25, 0.3) is 5.56 Å². The first-order chi connectivity index (χ1) is 12.0. The van der Waals surface area contributed by atoms with Crippen molar-refractivity contribution in [1.29, 1.82) is 0 Å². The van der Waals surface area contributed by atoms with E-state index < -0.39 is 5.97 Å². The van der Waals surface area contributed by atoms with E-state index in [4.69, 9.17) is 9.15 Å². The van der Waals surface area contributed by atoms with Gasteiger partial charge in [-0.1, -0.05) is 0 Å². The maximum Gasteiger partial charge on any atom is 0.373 e. The third-order valence-electron chi connectivity index (χ3n) is 3.69. The summed E-state index contributed by atoms with van der Waals surface area (Å²) in [5.74, 6) is 0.798. The van der Waals surface area contributed by atoms with Crippen molar-refractivity contribution < 1.29 is 18.7 Å². The van der Waals surface area contributed by atoms with Crippen LogP contribution in [0.2, 0.25) is 0 Å². The highest BCUT2D eigenvalue weighted by Gasteiger charge is 2.12. The zero-order valence-electron chi connectivity index (χ0n) is 14.3. The van der Waals surface area contributed by atoms with Gasteiger partial charge in [0.2, 0.25) is 5.76 Å². The van der Waals surface area contributed by atoms with Gasteiger partial charge in [0, 0.05) is 11.6 Å². The maximum absolute atomic E-state index is 12.7. The minimum Gasteiger partial charge on any atom is -0.491 e. The first-order valence-corrected chi connectivity index (χ1v) is 7.95. The molecule has 1 aromatic carbocycles. The van der Waals surface area contributed by atoms with Gasteiger partial charge >= 0.3 is 5.97 Å². The van der Waals surface area contributed by atoms with Gasteiger partial charge in [0.05, 0.1) is 19.8 Å². The van der Waals surface area contributed by atoms with Crippen LogP contribution in [0.25, 0.3) is 10.8 Å². The lowest BCUT2D eigenvalue weighted by Gasteiger charge is -2.11. The van der Waals surface area contributed by atoms with Crippen LogP contribution < -0.4 is 10.3 Å². The molecule has 0 N–H and O–H groups in total. The summed E-state index contributed by atoms with van der Waals surface area (Å²) in [6, 6.07) is 10.4. The summed E-state index contributed by atoms with van der Waals surface area (Å²) in [6.45, 7) is 4.14. The number of carbonyl (C=O) groups excluding carboxylic acids is 1. The highest BCUT2D eigenvalue weighted by Crippen LogP contribution is 2.20. The van der Waals surface area contributed by atoms with Crippen LogP contribution in [0.4, 0.5) is 0 Å². The molecule has 0 aliphatic rings. The lowest BCUT2D eigenvalue weighted by atomic mass is 10.1. The second-order valence-corrected chi connectivity index (χ2v) is 5.92. The Bertz CT molecular complexity index is 967. The molecule has 3 rings (SSSR count). The van der Waals surface area contributed by atoms with Crippen molar-refractivity contribution >= 4 is 16.7 Å². The predicted molar refractivity (Wildman–Crippen MR) is 93.1 cm³/mol. The van der Waals surface area contributed by atoms with E-state index in [1.807, 2.05) is 26.0 Å². The van der Waals surface area contributed by atoms with Crippen molar-refractivity contribution in [3.8, 4) is 5.75 Å². The summed E-state index contributed by atoms with van der Waals surface area (Å²) in [5, 5.41) is 1.41. The molecular weight excluding hydrogens is 322 g/mol. The van der Waals surface area contributed by atoms with E-state index in [1.165, 1.54) is 17.7 Å². The number of rotatable bonds is 5. The zero-order valence-corrected chi connectivity index (χ0v) is 14.3. The Balaban J connectivity index is 1.90. The summed E-state index contributed by atoms with van der Waals surface area (Å²) in [6.07, 6.45) is 1.77. The van der Waals surface area contributed by atoms with Gasteiger partial charge in [0.15, 0.2) is 0 Å². The summed E-state index contributed by atoms with van der Waals surface area (Å²) >= 11 is 0. The standard InChI is InChI=1S/C19H19NO5/c1-12(2)24-14-4-6-16-13(10-14)8-9-20(18(16)21)11-15-5-7-17(25-15)19(22)23-3/h4-10,12H,11H2,1-3H3. The second-order valence-electron chi connectivity index (χ2n) is 5.92. The maximum atomic E-state index is 12.7. The minimum atomic E-state index is -0.546. The number of carbonyl (C=O) groups is 1. The molecule has 2 aromatic heterocycles. The lowest BCUT2D eigenvalue weighted by Crippen LogP contribution is -2.19. The third kappa shape index (κ3) is 3.57. The topological polar surface area (TPSA) is 70.7 Å². The molecule has 25 heavy (non-hydrogen) atoms. The van der Waals surface area contributed by atoms with Crippen molar-refractivity contribution in [2.75, 3.05) is 7.11 Å². The molecular formula is C19H19NO5. The van der Waals surface area contributed by atoms with E-state index in [9.17, 15) is 9.59 Å². The molecule has 0 bridgehead atoms. The normalized spacial score (nSPS) is 11.0. The Morgan fingerprint density at radius 1 is 1.20 bits per heavy atom. The summed E-state index contributed by atoms with van der Waals surface area (Å²) in [7, 11) is 1.29. The smallest absolute Gasteiger partial charge is 0.373 e. The van der Waals surface area contributed by atoms with Crippen LogP contribution in [0.5, 0.6) is 5.75 Å². The number of benzene rings is 1. The zero-order chi connectivity index (χ0) is 18.0. The molecule has 0 saturated heterocycles. The SMILES string of the molecule is COC(=O)c1ccc(Cn2ccc3cc(OC(C)C)ccc3c2=O)o1. The number of pyridine rings is 1. The van der Waals surface area contributed by atoms with Gasteiger partial charge in [-0.25, -0.2) is 4.79 Å². The third-order valence-corrected chi connectivity index (χ3v) is 3.69. The fraction of sp³-hybridized carbons (Fsp3) is 0.263. The van der Waals surface area contributed by atoms with Gasteiger partial charge in [-0.3, -0.25) is 4.79 Å². The molecule has 3 aromatic rings. The van der Waals surface area contributed by atoms with Crippen LogP contribution in [-0.2, 0) is 11.3 Å². The highest BCUT2D eigenvalue weighted by molar-refractivity contribution is 5.86. The number of hydrogen-bond acceptors (Lipinski definition) is 5. The molecule has 6 nitrogen and oxygen atoms in total. The summed E-state index contributed by atoms with van der Waals surface area (Å²) in [4.78, 5) is 24.1. The number of ether oxygens (including phenoxy) is 2. The molecule has 0 aliphatic carbocycles. The van der Waals surface area contributed by atoms with Gasteiger partial charge < -0.3 is 18.5 Å². The number of hydrogen-bond donors (Lipinski definition) is 0. The predicted octanol–water partition coefficient (Wildman–Crippen LogP) is 3.22. The first-order valence-electron chi connectivity index (χ1n) is 7.95. The van der Waals surface area contributed by atoms with Crippen molar-refractivity contribution in [2.24, 2.45) is 0 Å². The average molecular weight is 341 g/mol. The number of nitrogens with zero attached hydrogens (tertiary/aromatic N) is 1. The Kier molecular flexibility index (Phi) is 4.61. The van der Waals surface area contributed by atoms with E-state index in [0.717, 1.165) is 11.1 Å². The molecule has 0 aliphatic heterocycles. The molecule has 2 heterocycles. The molecule has 0 saturated carbocycles. The number of aromatic nitrogens is 1. The van der Waals surface area contributed by atoms with Crippen LogP contribution in [0, 0.1) is 0 Å². The van der Waals surface area contributed by atoms with E-state index in [-0.39, 0.29) is 24.0 Å². The molecule has 0 atom stereocenters. The van der Waals surface area contributed by atoms with Gasteiger partial charge in [-0.15, -0.1) is 0 Å². The Hall–Kier alpha value is -3.02. The van der Waals surface area contributed by atoms with E-state index in [2.05, 4.69) is 4.74 Å². The molecule has 0 spiro atoms. The molecule has 130 valence electrons. The number of furan rings is 1. The highest BCUT2D eigenvalue weighted by atomic mass is 16.5. The molecule has 6 heteroatoms. The van der Waals surface area contributed by atoms with Crippen LogP contribution in [0.1, 0.15) is 30.2 Å². The van der Waals surface area contributed by atoms with E-state index in [0.29, 0.717) is 11.1 Å². The largest absolute Gasteiger partial charge is 0.491 e. The molecule has 0 unspecified atom stereocenters.